The number of hydrogen-bond donors (Lipinski definition) is 2. The second-order valence-corrected chi connectivity index (χ2v) is 10.4. The van der Waals surface area contributed by atoms with Gasteiger partial charge in [0.1, 0.15) is 11.8 Å². The van der Waals surface area contributed by atoms with Crippen LogP contribution in [0, 0.1) is 0 Å². The third-order valence-corrected chi connectivity index (χ3v) is 8.08. The number of esters is 1. The van der Waals surface area contributed by atoms with Crippen LogP contribution in [0.1, 0.15) is 47.3 Å². The fourth-order valence-corrected chi connectivity index (χ4v) is 6.39. The van der Waals surface area contributed by atoms with E-state index in [1.165, 1.54) is 19.2 Å². The molecule has 3 heterocycles. The second kappa shape index (κ2) is 10.6. The topological polar surface area (TPSA) is 66.6 Å². The fraction of sp³-hybridized carbons (Fsp3) is 0.323. The molecule has 0 amide bonds. The monoisotopic (exact) mass is 549 g/mol. The van der Waals surface area contributed by atoms with Crippen LogP contribution in [0.3, 0.4) is 0 Å². The van der Waals surface area contributed by atoms with Gasteiger partial charge in [0.25, 0.3) is 0 Å². The summed E-state index contributed by atoms with van der Waals surface area (Å²) < 4.78 is 47.8. The van der Waals surface area contributed by atoms with E-state index in [-0.39, 0.29) is 29.8 Å². The highest BCUT2D eigenvalue weighted by atomic mass is 19.4. The van der Waals surface area contributed by atoms with E-state index in [1.807, 2.05) is 36.4 Å². The molecule has 2 N–H and O–H groups in total. The summed E-state index contributed by atoms with van der Waals surface area (Å²) in [5.74, 6) is -0.595. The number of methoxy groups -OCH3 is 1. The number of aromatic amines is 1. The van der Waals surface area contributed by atoms with E-state index >= 15 is 0 Å². The molecule has 6 nitrogen and oxygen atoms in total. The number of nitrogens with zero attached hydrogens (tertiary/aromatic N) is 1. The lowest BCUT2D eigenvalue weighted by atomic mass is 9.79. The first-order valence-electron chi connectivity index (χ1n) is 13.4. The Morgan fingerprint density at radius 2 is 1.68 bits per heavy atom. The van der Waals surface area contributed by atoms with Crippen molar-refractivity contribution < 1.29 is 27.4 Å². The quantitative estimate of drug-likeness (QED) is 0.281. The fourth-order valence-electron chi connectivity index (χ4n) is 6.39. The number of fused-ring (bicyclic) bond motifs is 5. The van der Waals surface area contributed by atoms with E-state index in [2.05, 4.69) is 38.1 Å². The van der Waals surface area contributed by atoms with Gasteiger partial charge in [0, 0.05) is 41.6 Å². The maximum absolute atomic E-state index is 13.2. The number of para-hydroxylation sites is 1. The SMILES string of the molecule is COC(=O)[C@@H]1Cc2c([nH]c3ccccc23)[C@H]2C[C@H](NCc3ccccc3)C[C@@H](c3ccc(OC(F)(F)F)cc3)N21. The Kier molecular flexibility index (Phi) is 7.02. The number of ether oxygens (including phenoxy) is 2. The molecule has 4 atom stereocenters. The lowest BCUT2D eigenvalue weighted by Gasteiger charge is -2.50. The molecule has 2 aliphatic rings. The zero-order chi connectivity index (χ0) is 27.9. The molecular formula is C31H30F3N3O3. The molecule has 1 saturated heterocycles. The summed E-state index contributed by atoms with van der Waals surface area (Å²) >= 11 is 0. The van der Waals surface area contributed by atoms with Crippen LogP contribution in [0.15, 0.2) is 78.9 Å². The lowest BCUT2D eigenvalue weighted by molar-refractivity contribution is -0.274. The number of aromatic nitrogens is 1. The number of piperidine rings is 1. The Bertz CT molecular complexity index is 1490. The Morgan fingerprint density at radius 3 is 2.40 bits per heavy atom. The molecule has 40 heavy (non-hydrogen) atoms. The molecule has 0 saturated carbocycles. The summed E-state index contributed by atoms with van der Waals surface area (Å²) in [4.78, 5) is 19.1. The number of halogens is 3. The van der Waals surface area contributed by atoms with Gasteiger partial charge in [-0.3, -0.25) is 9.69 Å². The maximum atomic E-state index is 13.2. The van der Waals surface area contributed by atoms with E-state index < -0.39 is 12.4 Å². The lowest BCUT2D eigenvalue weighted by Crippen LogP contribution is -2.55. The van der Waals surface area contributed by atoms with E-state index in [1.54, 1.807) is 12.1 Å². The van der Waals surface area contributed by atoms with Crippen molar-refractivity contribution in [3.63, 3.8) is 0 Å². The first-order valence-corrected chi connectivity index (χ1v) is 13.4. The number of benzene rings is 3. The predicted octanol–water partition coefficient (Wildman–Crippen LogP) is 6.20. The third-order valence-electron chi connectivity index (χ3n) is 8.08. The van der Waals surface area contributed by atoms with Crippen LogP contribution in [0.2, 0.25) is 0 Å². The summed E-state index contributed by atoms with van der Waals surface area (Å²) in [5, 5.41) is 4.80. The second-order valence-electron chi connectivity index (χ2n) is 10.4. The van der Waals surface area contributed by atoms with Crippen molar-refractivity contribution in [2.45, 2.75) is 56.3 Å². The number of carbonyl (C=O) groups is 1. The average Bonchev–Trinajstić information content (AvgIpc) is 3.34. The van der Waals surface area contributed by atoms with Gasteiger partial charge in [0.15, 0.2) is 0 Å². The molecule has 6 rings (SSSR count). The zero-order valence-corrected chi connectivity index (χ0v) is 21.9. The highest BCUT2D eigenvalue weighted by Crippen LogP contribution is 2.49. The molecule has 0 bridgehead atoms. The van der Waals surface area contributed by atoms with Gasteiger partial charge in [-0.2, -0.15) is 0 Å². The molecule has 0 aliphatic carbocycles. The Hall–Kier alpha value is -3.82. The summed E-state index contributed by atoms with van der Waals surface area (Å²) in [6.45, 7) is 0.684. The Balaban J connectivity index is 1.40. The smallest absolute Gasteiger partial charge is 0.468 e. The molecule has 0 unspecified atom stereocenters. The minimum Gasteiger partial charge on any atom is -0.468 e. The first kappa shape index (κ1) is 26.4. The number of hydrogen-bond acceptors (Lipinski definition) is 5. The Labute approximate surface area is 230 Å². The van der Waals surface area contributed by atoms with Gasteiger partial charge in [0.05, 0.1) is 13.2 Å². The largest absolute Gasteiger partial charge is 0.573 e. The summed E-state index contributed by atoms with van der Waals surface area (Å²) in [6, 6.07) is 23.4. The number of carbonyl (C=O) groups excluding carboxylic acids is 1. The highest BCUT2D eigenvalue weighted by molar-refractivity contribution is 5.87. The molecule has 1 fully saturated rings. The number of H-pyrrole nitrogens is 1. The van der Waals surface area contributed by atoms with Crippen LogP contribution in [0.5, 0.6) is 5.75 Å². The molecule has 3 aromatic carbocycles. The van der Waals surface area contributed by atoms with Gasteiger partial charge < -0.3 is 19.8 Å². The van der Waals surface area contributed by atoms with Crippen molar-refractivity contribution in [2.24, 2.45) is 0 Å². The first-order chi connectivity index (χ1) is 19.3. The molecule has 0 spiro atoms. The van der Waals surface area contributed by atoms with Crippen molar-refractivity contribution in [3.05, 3.63) is 101 Å². The third kappa shape index (κ3) is 5.19. The zero-order valence-electron chi connectivity index (χ0n) is 21.9. The van der Waals surface area contributed by atoms with E-state index in [4.69, 9.17) is 4.74 Å². The van der Waals surface area contributed by atoms with Crippen molar-refractivity contribution >= 4 is 16.9 Å². The average molecular weight is 550 g/mol. The molecule has 1 aromatic heterocycles. The molecule has 2 aliphatic heterocycles. The summed E-state index contributed by atoms with van der Waals surface area (Å²) in [6.07, 6.45) is -2.85. The van der Waals surface area contributed by atoms with Crippen molar-refractivity contribution in [3.8, 4) is 5.75 Å². The molecular weight excluding hydrogens is 519 g/mol. The van der Waals surface area contributed by atoms with Gasteiger partial charge in [-0.15, -0.1) is 13.2 Å². The summed E-state index contributed by atoms with van der Waals surface area (Å²) in [5.41, 5.74) is 5.19. The number of alkyl halides is 3. The van der Waals surface area contributed by atoms with Crippen molar-refractivity contribution in [1.82, 2.24) is 15.2 Å². The van der Waals surface area contributed by atoms with Crippen LogP contribution in [-0.4, -0.2) is 41.4 Å². The summed E-state index contributed by atoms with van der Waals surface area (Å²) in [7, 11) is 1.40. The van der Waals surface area contributed by atoms with Gasteiger partial charge >= 0.3 is 12.3 Å². The van der Waals surface area contributed by atoms with E-state index in [0.29, 0.717) is 19.4 Å². The molecule has 0 radical (unpaired) electrons. The van der Waals surface area contributed by atoms with Crippen LogP contribution in [0.25, 0.3) is 10.9 Å². The number of nitrogens with one attached hydrogen (secondary N) is 2. The molecule has 4 aromatic rings. The van der Waals surface area contributed by atoms with E-state index in [9.17, 15) is 18.0 Å². The predicted molar refractivity (Wildman–Crippen MR) is 145 cm³/mol. The highest BCUT2D eigenvalue weighted by Gasteiger charge is 2.48. The molecule has 9 heteroatoms. The van der Waals surface area contributed by atoms with Gasteiger partial charge in [-0.25, -0.2) is 0 Å². The van der Waals surface area contributed by atoms with Crippen molar-refractivity contribution in [2.75, 3.05) is 7.11 Å². The minimum absolute atomic E-state index is 0.0909. The Morgan fingerprint density at radius 1 is 0.975 bits per heavy atom. The maximum Gasteiger partial charge on any atom is 0.573 e. The van der Waals surface area contributed by atoms with Gasteiger partial charge in [0.2, 0.25) is 0 Å². The van der Waals surface area contributed by atoms with Crippen LogP contribution in [-0.2, 0) is 22.5 Å². The minimum atomic E-state index is -4.77. The van der Waals surface area contributed by atoms with Crippen LogP contribution in [0.4, 0.5) is 13.2 Å². The molecule has 208 valence electrons. The number of rotatable bonds is 6. The standard InChI is InChI=1S/C31H30F3N3O3/c1-39-30(38)28-17-24-23-9-5-6-10-25(23)36-29(24)27-16-21(35-18-19-7-3-2-4-8-19)15-26(37(27)28)20-11-13-22(14-12-20)40-31(32,33)34/h2-14,21,26-28,35-36H,15-18H2,1H3/t21-,26+,27-,28+/m1/s1. The van der Waals surface area contributed by atoms with Gasteiger partial charge in [-0.05, 0) is 47.7 Å². The normalized spacial score (nSPS) is 22.9. The van der Waals surface area contributed by atoms with Crippen LogP contribution >= 0.6 is 0 Å². The van der Waals surface area contributed by atoms with Gasteiger partial charge in [-0.1, -0.05) is 60.7 Å². The van der Waals surface area contributed by atoms with E-state index in [0.717, 1.165) is 39.7 Å². The van der Waals surface area contributed by atoms with Crippen LogP contribution < -0.4 is 10.1 Å². The van der Waals surface area contributed by atoms with Crippen molar-refractivity contribution in [1.29, 1.82) is 0 Å².